The summed E-state index contributed by atoms with van der Waals surface area (Å²) in [5, 5.41) is 3.26. The Labute approximate surface area is 147 Å². The van der Waals surface area contributed by atoms with Gasteiger partial charge in [-0.1, -0.05) is 29.8 Å². The summed E-state index contributed by atoms with van der Waals surface area (Å²) in [6, 6.07) is 8.44. The second-order valence-corrected chi connectivity index (χ2v) is 7.01. The molecule has 0 radical (unpaired) electrons. The molecule has 0 amide bonds. The maximum atomic E-state index is 12.5. The molecule has 1 aromatic heterocycles. The molecule has 2 aliphatic rings. The molecule has 25 heavy (non-hydrogen) atoms. The van der Waals surface area contributed by atoms with Crippen molar-refractivity contribution in [3.05, 3.63) is 52.8 Å². The van der Waals surface area contributed by atoms with Crippen molar-refractivity contribution >= 4 is 11.7 Å². The van der Waals surface area contributed by atoms with Gasteiger partial charge in [0.15, 0.2) is 5.78 Å². The molecule has 1 aliphatic heterocycles. The minimum atomic E-state index is 0.137. The minimum absolute atomic E-state index is 0.137. The second kappa shape index (κ2) is 6.92. The number of carbonyl (C=O) groups is 1. The van der Waals surface area contributed by atoms with Gasteiger partial charge in [-0.2, -0.15) is 0 Å². The standard InChI is InChI=1S/C20H23N3O2/c1-13-4-6-14(7-5-13)15-9-18-17(19(24)10-15)12-22-20(23-18)21-11-16-3-2-8-25-16/h4-7,12,15-16H,2-3,8-11H2,1H3,(H,21,22,23)/t15-,16-/m0/s1. The lowest BCUT2D eigenvalue weighted by atomic mass is 9.82. The van der Waals surface area contributed by atoms with Gasteiger partial charge in [0.25, 0.3) is 0 Å². The van der Waals surface area contributed by atoms with Gasteiger partial charge in [0.05, 0.1) is 17.4 Å². The van der Waals surface area contributed by atoms with Crippen LogP contribution >= 0.6 is 0 Å². The number of aromatic nitrogens is 2. The van der Waals surface area contributed by atoms with E-state index in [0.717, 1.165) is 31.6 Å². The third-order valence-electron chi connectivity index (χ3n) is 5.10. The summed E-state index contributed by atoms with van der Waals surface area (Å²) in [5.74, 6) is 0.922. The Morgan fingerprint density at radius 2 is 2.08 bits per heavy atom. The van der Waals surface area contributed by atoms with Crippen LogP contribution in [0.1, 0.15) is 52.4 Å². The number of benzene rings is 1. The Morgan fingerprint density at radius 1 is 1.24 bits per heavy atom. The molecule has 4 rings (SSSR count). The zero-order valence-electron chi connectivity index (χ0n) is 14.5. The highest BCUT2D eigenvalue weighted by Gasteiger charge is 2.28. The number of rotatable bonds is 4. The molecule has 1 saturated heterocycles. The molecule has 1 N–H and O–H groups in total. The van der Waals surface area contributed by atoms with Gasteiger partial charge in [0.1, 0.15) is 0 Å². The van der Waals surface area contributed by atoms with Crippen molar-refractivity contribution in [2.75, 3.05) is 18.5 Å². The van der Waals surface area contributed by atoms with Gasteiger partial charge < -0.3 is 10.1 Å². The quantitative estimate of drug-likeness (QED) is 0.927. The van der Waals surface area contributed by atoms with Crippen LogP contribution in [0.3, 0.4) is 0 Å². The fourth-order valence-corrected chi connectivity index (χ4v) is 3.61. The van der Waals surface area contributed by atoms with Gasteiger partial charge in [-0.3, -0.25) is 4.79 Å². The number of anilines is 1. The van der Waals surface area contributed by atoms with Gasteiger partial charge >= 0.3 is 0 Å². The largest absolute Gasteiger partial charge is 0.376 e. The van der Waals surface area contributed by atoms with Gasteiger partial charge in [-0.05, 0) is 37.7 Å². The summed E-state index contributed by atoms with van der Waals surface area (Å²) >= 11 is 0. The lowest BCUT2D eigenvalue weighted by Crippen LogP contribution is -2.23. The van der Waals surface area contributed by atoms with E-state index in [1.54, 1.807) is 6.20 Å². The summed E-state index contributed by atoms with van der Waals surface area (Å²) in [6.45, 7) is 3.63. The van der Waals surface area contributed by atoms with E-state index < -0.39 is 0 Å². The fraction of sp³-hybridized carbons (Fsp3) is 0.450. The third-order valence-corrected chi connectivity index (χ3v) is 5.10. The first kappa shape index (κ1) is 16.2. The van der Waals surface area contributed by atoms with Crippen LogP contribution in [-0.2, 0) is 11.2 Å². The van der Waals surface area contributed by atoms with E-state index >= 15 is 0 Å². The molecular weight excluding hydrogens is 314 g/mol. The van der Waals surface area contributed by atoms with E-state index in [2.05, 4.69) is 46.5 Å². The number of hydrogen-bond acceptors (Lipinski definition) is 5. The summed E-state index contributed by atoms with van der Waals surface area (Å²) in [6.07, 6.45) is 5.41. The smallest absolute Gasteiger partial charge is 0.222 e. The van der Waals surface area contributed by atoms with E-state index in [1.165, 1.54) is 11.1 Å². The van der Waals surface area contributed by atoms with E-state index in [1.807, 2.05) is 0 Å². The number of carbonyl (C=O) groups excluding carboxylic acids is 1. The molecule has 1 fully saturated rings. The molecule has 0 unspecified atom stereocenters. The van der Waals surface area contributed by atoms with Crippen LogP contribution in [0.2, 0.25) is 0 Å². The molecule has 0 bridgehead atoms. The summed E-state index contributed by atoms with van der Waals surface area (Å²) in [5.41, 5.74) is 3.96. The average Bonchev–Trinajstić information content (AvgIpc) is 3.14. The number of ether oxygens (including phenoxy) is 1. The molecule has 5 heteroatoms. The maximum Gasteiger partial charge on any atom is 0.222 e. The van der Waals surface area contributed by atoms with Crippen LogP contribution in [-0.4, -0.2) is 35.0 Å². The number of nitrogens with one attached hydrogen (secondary N) is 1. The van der Waals surface area contributed by atoms with Gasteiger partial charge in [0, 0.05) is 25.8 Å². The number of Topliss-reactive ketones (excluding diaryl/α,β-unsaturated/α-hetero) is 1. The lowest BCUT2D eigenvalue weighted by Gasteiger charge is -2.23. The second-order valence-electron chi connectivity index (χ2n) is 7.01. The first-order valence-corrected chi connectivity index (χ1v) is 9.00. The molecule has 130 valence electrons. The van der Waals surface area contributed by atoms with Crippen molar-refractivity contribution in [3.8, 4) is 0 Å². The molecule has 2 heterocycles. The number of hydrogen-bond donors (Lipinski definition) is 1. The molecule has 2 atom stereocenters. The van der Waals surface area contributed by atoms with E-state index in [-0.39, 0.29) is 17.8 Å². The van der Waals surface area contributed by atoms with Crippen LogP contribution < -0.4 is 5.32 Å². The first-order chi connectivity index (χ1) is 12.2. The predicted molar refractivity (Wildman–Crippen MR) is 96.1 cm³/mol. The van der Waals surface area contributed by atoms with Crippen molar-refractivity contribution in [2.24, 2.45) is 0 Å². The Morgan fingerprint density at radius 3 is 2.84 bits per heavy atom. The fourth-order valence-electron chi connectivity index (χ4n) is 3.61. The van der Waals surface area contributed by atoms with Crippen molar-refractivity contribution in [2.45, 2.75) is 44.6 Å². The van der Waals surface area contributed by atoms with Crippen LogP contribution in [0.25, 0.3) is 0 Å². The van der Waals surface area contributed by atoms with Crippen molar-refractivity contribution < 1.29 is 9.53 Å². The molecule has 5 nitrogen and oxygen atoms in total. The van der Waals surface area contributed by atoms with Crippen molar-refractivity contribution in [1.82, 2.24) is 9.97 Å². The number of ketones is 1. The highest BCUT2D eigenvalue weighted by molar-refractivity contribution is 5.98. The highest BCUT2D eigenvalue weighted by Crippen LogP contribution is 2.32. The zero-order valence-corrected chi connectivity index (χ0v) is 14.5. The molecule has 0 saturated carbocycles. The summed E-state index contributed by atoms with van der Waals surface area (Å²) < 4.78 is 5.62. The maximum absolute atomic E-state index is 12.5. The van der Waals surface area contributed by atoms with Crippen LogP contribution in [0, 0.1) is 6.92 Å². The van der Waals surface area contributed by atoms with E-state index in [0.29, 0.717) is 24.5 Å². The number of fused-ring (bicyclic) bond motifs is 1. The van der Waals surface area contributed by atoms with Crippen LogP contribution in [0.5, 0.6) is 0 Å². The lowest BCUT2D eigenvalue weighted by molar-refractivity contribution is 0.0962. The molecule has 2 aromatic rings. The average molecular weight is 337 g/mol. The SMILES string of the molecule is Cc1ccc([C@@H]2CC(=O)c3cnc(NC[C@@H]4CCCO4)nc3C2)cc1. The Kier molecular flexibility index (Phi) is 4.49. The van der Waals surface area contributed by atoms with Gasteiger partial charge in [0.2, 0.25) is 5.95 Å². The number of aryl methyl sites for hydroxylation is 1. The normalized spacial score (nSPS) is 22.7. The molecule has 1 aliphatic carbocycles. The van der Waals surface area contributed by atoms with Crippen LogP contribution in [0.15, 0.2) is 30.5 Å². The number of nitrogens with zero attached hydrogens (tertiary/aromatic N) is 2. The van der Waals surface area contributed by atoms with E-state index in [9.17, 15) is 4.79 Å². The van der Waals surface area contributed by atoms with E-state index in [4.69, 9.17) is 4.74 Å². The van der Waals surface area contributed by atoms with Gasteiger partial charge in [-0.15, -0.1) is 0 Å². The Hall–Kier alpha value is -2.27. The summed E-state index contributed by atoms with van der Waals surface area (Å²) in [4.78, 5) is 21.4. The third kappa shape index (κ3) is 3.56. The zero-order chi connectivity index (χ0) is 17.2. The van der Waals surface area contributed by atoms with Crippen LogP contribution in [0.4, 0.5) is 5.95 Å². The molecular formula is C20H23N3O2. The molecule has 1 aromatic carbocycles. The highest BCUT2D eigenvalue weighted by atomic mass is 16.5. The monoisotopic (exact) mass is 337 g/mol. The predicted octanol–water partition coefficient (Wildman–Crippen LogP) is 3.29. The van der Waals surface area contributed by atoms with Crippen molar-refractivity contribution in [3.63, 3.8) is 0 Å². The first-order valence-electron chi connectivity index (χ1n) is 9.00. The minimum Gasteiger partial charge on any atom is -0.376 e. The topological polar surface area (TPSA) is 64.1 Å². The molecule has 0 spiro atoms. The van der Waals surface area contributed by atoms with Crippen molar-refractivity contribution in [1.29, 1.82) is 0 Å². The summed E-state index contributed by atoms with van der Waals surface area (Å²) in [7, 11) is 0. The Bertz CT molecular complexity index is 767. The Balaban J connectivity index is 1.51. The van der Waals surface area contributed by atoms with Gasteiger partial charge in [-0.25, -0.2) is 9.97 Å².